The fourth-order valence-corrected chi connectivity index (χ4v) is 1.72. The SMILES string of the molecule is CCCCCC(=O)Nc1cc(C)c(N)cc1C. The van der Waals surface area contributed by atoms with Crippen molar-refractivity contribution in [2.24, 2.45) is 0 Å². The van der Waals surface area contributed by atoms with Gasteiger partial charge in [-0.1, -0.05) is 19.8 Å². The van der Waals surface area contributed by atoms with Gasteiger partial charge >= 0.3 is 0 Å². The van der Waals surface area contributed by atoms with Crippen molar-refractivity contribution in [3.05, 3.63) is 23.3 Å². The summed E-state index contributed by atoms with van der Waals surface area (Å²) in [6.45, 7) is 6.03. The van der Waals surface area contributed by atoms with E-state index in [2.05, 4.69) is 12.2 Å². The molecule has 94 valence electrons. The van der Waals surface area contributed by atoms with Gasteiger partial charge in [-0.3, -0.25) is 4.79 Å². The molecule has 0 bridgehead atoms. The Morgan fingerprint density at radius 3 is 2.59 bits per heavy atom. The Kier molecular flexibility index (Phi) is 5.01. The first-order chi connectivity index (χ1) is 8.04. The normalized spacial score (nSPS) is 10.3. The van der Waals surface area contributed by atoms with E-state index >= 15 is 0 Å². The highest BCUT2D eigenvalue weighted by Crippen LogP contribution is 2.22. The van der Waals surface area contributed by atoms with Crippen LogP contribution in [0.3, 0.4) is 0 Å². The van der Waals surface area contributed by atoms with Gasteiger partial charge in [-0.2, -0.15) is 0 Å². The van der Waals surface area contributed by atoms with Gasteiger partial charge in [-0.05, 0) is 43.5 Å². The molecule has 0 spiro atoms. The molecule has 1 rings (SSSR count). The van der Waals surface area contributed by atoms with Crippen molar-refractivity contribution >= 4 is 17.3 Å². The molecule has 0 aliphatic rings. The molecular formula is C14H22N2O. The monoisotopic (exact) mass is 234 g/mol. The van der Waals surface area contributed by atoms with Gasteiger partial charge in [-0.15, -0.1) is 0 Å². The second kappa shape index (κ2) is 6.28. The van der Waals surface area contributed by atoms with Crippen LogP contribution in [-0.2, 0) is 4.79 Å². The number of aryl methyl sites for hydroxylation is 2. The lowest BCUT2D eigenvalue weighted by molar-refractivity contribution is -0.116. The molecule has 1 amide bonds. The minimum atomic E-state index is 0.0886. The summed E-state index contributed by atoms with van der Waals surface area (Å²) in [6, 6.07) is 3.83. The van der Waals surface area contributed by atoms with Crippen LogP contribution in [0.5, 0.6) is 0 Å². The molecule has 0 aromatic heterocycles. The zero-order valence-corrected chi connectivity index (χ0v) is 11.0. The zero-order chi connectivity index (χ0) is 12.8. The van der Waals surface area contributed by atoms with Gasteiger partial charge in [0.05, 0.1) is 0 Å². The van der Waals surface area contributed by atoms with E-state index in [-0.39, 0.29) is 5.91 Å². The first-order valence-electron chi connectivity index (χ1n) is 6.21. The van der Waals surface area contributed by atoms with Crippen LogP contribution in [0.25, 0.3) is 0 Å². The Morgan fingerprint density at radius 1 is 1.24 bits per heavy atom. The van der Waals surface area contributed by atoms with Crippen molar-refractivity contribution in [3.63, 3.8) is 0 Å². The van der Waals surface area contributed by atoms with Crippen LogP contribution < -0.4 is 11.1 Å². The molecule has 0 heterocycles. The number of unbranched alkanes of at least 4 members (excludes halogenated alkanes) is 2. The molecule has 3 nitrogen and oxygen atoms in total. The van der Waals surface area contributed by atoms with Gasteiger partial charge in [0.1, 0.15) is 0 Å². The summed E-state index contributed by atoms with van der Waals surface area (Å²) in [5, 5.41) is 2.94. The lowest BCUT2D eigenvalue weighted by Gasteiger charge is -2.11. The highest BCUT2D eigenvalue weighted by Gasteiger charge is 2.06. The zero-order valence-electron chi connectivity index (χ0n) is 11.0. The number of nitrogens with two attached hydrogens (primary N) is 1. The van der Waals surface area contributed by atoms with Crippen LogP contribution in [0.15, 0.2) is 12.1 Å². The first kappa shape index (κ1) is 13.6. The Balaban J connectivity index is 2.62. The minimum Gasteiger partial charge on any atom is -0.399 e. The maximum Gasteiger partial charge on any atom is 0.224 e. The van der Waals surface area contributed by atoms with E-state index in [4.69, 9.17) is 5.73 Å². The molecule has 1 aromatic rings. The van der Waals surface area contributed by atoms with Crippen LogP contribution in [0.2, 0.25) is 0 Å². The third-order valence-corrected chi connectivity index (χ3v) is 2.89. The van der Waals surface area contributed by atoms with Crippen LogP contribution in [0.1, 0.15) is 43.7 Å². The van der Waals surface area contributed by atoms with Gasteiger partial charge in [0.25, 0.3) is 0 Å². The van der Waals surface area contributed by atoms with Crippen molar-refractivity contribution in [1.82, 2.24) is 0 Å². The van der Waals surface area contributed by atoms with Gasteiger partial charge in [-0.25, -0.2) is 0 Å². The van der Waals surface area contributed by atoms with Crippen LogP contribution in [0.4, 0.5) is 11.4 Å². The number of carbonyl (C=O) groups is 1. The summed E-state index contributed by atoms with van der Waals surface area (Å²) >= 11 is 0. The number of carbonyl (C=O) groups excluding carboxylic acids is 1. The number of hydrogen-bond acceptors (Lipinski definition) is 2. The second-order valence-electron chi connectivity index (χ2n) is 4.53. The number of amides is 1. The van der Waals surface area contributed by atoms with Crippen molar-refractivity contribution in [2.75, 3.05) is 11.1 Å². The number of benzene rings is 1. The van der Waals surface area contributed by atoms with Crippen LogP contribution >= 0.6 is 0 Å². The second-order valence-corrected chi connectivity index (χ2v) is 4.53. The maximum atomic E-state index is 11.7. The van der Waals surface area contributed by atoms with Crippen molar-refractivity contribution in [1.29, 1.82) is 0 Å². The summed E-state index contributed by atoms with van der Waals surface area (Å²) < 4.78 is 0. The number of nitrogens with one attached hydrogen (secondary N) is 1. The van der Waals surface area contributed by atoms with E-state index in [0.29, 0.717) is 6.42 Å². The predicted molar refractivity (Wildman–Crippen MR) is 73.1 cm³/mol. The summed E-state index contributed by atoms with van der Waals surface area (Å²) in [5.41, 5.74) is 9.46. The highest BCUT2D eigenvalue weighted by molar-refractivity contribution is 5.91. The lowest BCUT2D eigenvalue weighted by atomic mass is 10.1. The number of rotatable bonds is 5. The topological polar surface area (TPSA) is 55.1 Å². The molecule has 0 aliphatic heterocycles. The molecule has 0 aliphatic carbocycles. The minimum absolute atomic E-state index is 0.0886. The average molecular weight is 234 g/mol. The average Bonchev–Trinajstić information content (AvgIpc) is 2.26. The third kappa shape index (κ3) is 4.10. The van der Waals surface area contributed by atoms with E-state index < -0.39 is 0 Å². The molecule has 0 fully saturated rings. The molecule has 1 aromatic carbocycles. The van der Waals surface area contributed by atoms with Crippen LogP contribution in [0, 0.1) is 13.8 Å². The molecular weight excluding hydrogens is 212 g/mol. The van der Waals surface area contributed by atoms with Crippen LogP contribution in [-0.4, -0.2) is 5.91 Å². The Bertz CT molecular complexity index is 399. The summed E-state index contributed by atoms with van der Waals surface area (Å²) in [4.78, 5) is 11.7. The summed E-state index contributed by atoms with van der Waals surface area (Å²) in [6.07, 6.45) is 3.78. The first-order valence-corrected chi connectivity index (χ1v) is 6.21. The lowest BCUT2D eigenvalue weighted by Crippen LogP contribution is -2.12. The molecule has 0 radical (unpaired) electrons. The van der Waals surface area contributed by atoms with Gasteiger partial charge in [0.15, 0.2) is 0 Å². The number of anilines is 2. The van der Waals surface area contributed by atoms with Crippen molar-refractivity contribution in [3.8, 4) is 0 Å². The Labute approximate surface area is 103 Å². The molecule has 0 saturated heterocycles. The smallest absolute Gasteiger partial charge is 0.224 e. The number of nitrogen functional groups attached to an aromatic ring is 1. The molecule has 0 atom stereocenters. The van der Waals surface area contributed by atoms with E-state index in [9.17, 15) is 4.79 Å². The van der Waals surface area contributed by atoms with Gasteiger partial charge < -0.3 is 11.1 Å². The number of hydrogen-bond donors (Lipinski definition) is 2. The Hall–Kier alpha value is -1.51. The summed E-state index contributed by atoms with van der Waals surface area (Å²) in [5.74, 6) is 0.0886. The van der Waals surface area contributed by atoms with Crippen molar-refractivity contribution in [2.45, 2.75) is 46.5 Å². The maximum absolute atomic E-state index is 11.7. The largest absolute Gasteiger partial charge is 0.399 e. The third-order valence-electron chi connectivity index (χ3n) is 2.89. The van der Waals surface area contributed by atoms with Gasteiger partial charge in [0.2, 0.25) is 5.91 Å². The molecule has 0 saturated carbocycles. The quantitative estimate of drug-likeness (QED) is 0.606. The highest BCUT2D eigenvalue weighted by atomic mass is 16.1. The molecule has 0 unspecified atom stereocenters. The van der Waals surface area contributed by atoms with E-state index in [1.54, 1.807) is 0 Å². The predicted octanol–water partition coefficient (Wildman–Crippen LogP) is 3.40. The molecule has 3 N–H and O–H groups in total. The summed E-state index contributed by atoms with van der Waals surface area (Å²) in [7, 11) is 0. The molecule has 3 heteroatoms. The fraction of sp³-hybridized carbons (Fsp3) is 0.500. The van der Waals surface area contributed by atoms with E-state index in [1.165, 1.54) is 0 Å². The molecule has 17 heavy (non-hydrogen) atoms. The van der Waals surface area contributed by atoms with E-state index in [1.807, 2.05) is 26.0 Å². The fourth-order valence-electron chi connectivity index (χ4n) is 1.72. The standard InChI is InChI=1S/C14H22N2O/c1-4-5-6-7-14(17)16-13-9-10(2)12(15)8-11(13)3/h8-9H,4-7,15H2,1-3H3,(H,16,17). The Morgan fingerprint density at radius 2 is 1.94 bits per heavy atom. The van der Waals surface area contributed by atoms with Gasteiger partial charge in [0, 0.05) is 17.8 Å². The van der Waals surface area contributed by atoms with E-state index in [0.717, 1.165) is 41.8 Å². The van der Waals surface area contributed by atoms with Crippen molar-refractivity contribution < 1.29 is 4.79 Å².